The van der Waals surface area contributed by atoms with Crippen molar-refractivity contribution in [3.63, 3.8) is 0 Å². The van der Waals surface area contributed by atoms with Gasteiger partial charge in [0.15, 0.2) is 0 Å². The summed E-state index contributed by atoms with van der Waals surface area (Å²) in [4.78, 5) is 0.488. The highest BCUT2D eigenvalue weighted by atomic mass is 32.1. The first-order valence-corrected chi connectivity index (χ1v) is 6.65. The molecule has 0 bridgehead atoms. The molecule has 0 atom stereocenters. The average Bonchev–Trinajstić information content (AvgIpc) is 2.40. The quantitative estimate of drug-likeness (QED) is 0.653. The van der Waals surface area contributed by atoms with Gasteiger partial charge < -0.3 is 5.73 Å². The van der Waals surface area contributed by atoms with Crippen molar-refractivity contribution in [3.05, 3.63) is 83.9 Å². The number of hydrogen-bond acceptors (Lipinski definition) is 1. The van der Waals surface area contributed by atoms with Crippen LogP contribution in [0.3, 0.4) is 0 Å². The van der Waals surface area contributed by atoms with Gasteiger partial charge in [0.05, 0.1) is 4.99 Å². The van der Waals surface area contributed by atoms with E-state index in [1.165, 1.54) is 11.1 Å². The number of rotatable bonds is 5. The minimum absolute atomic E-state index is 0.142. The average molecular weight is 267 g/mol. The van der Waals surface area contributed by atoms with Crippen LogP contribution in [0, 0.1) is 0 Å². The lowest BCUT2D eigenvalue weighted by Gasteiger charge is -2.20. The molecular formula is C17H17NS. The van der Waals surface area contributed by atoms with Gasteiger partial charge in [-0.25, -0.2) is 0 Å². The Morgan fingerprint density at radius 2 is 1.37 bits per heavy atom. The van der Waals surface area contributed by atoms with Gasteiger partial charge in [0.1, 0.15) is 0 Å². The molecule has 0 aliphatic carbocycles. The van der Waals surface area contributed by atoms with E-state index in [0.717, 1.165) is 5.57 Å². The zero-order chi connectivity index (χ0) is 13.7. The molecule has 0 saturated heterocycles. The van der Waals surface area contributed by atoms with Crippen molar-refractivity contribution in [2.24, 2.45) is 5.73 Å². The molecule has 0 saturated carbocycles. The van der Waals surface area contributed by atoms with Crippen LogP contribution in [-0.4, -0.2) is 4.99 Å². The van der Waals surface area contributed by atoms with Gasteiger partial charge in [-0.05, 0) is 11.1 Å². The van der Waals surface area contributed by atoms with Gasteiger partial charge in [0, 0.05) is 12.3 Å². The summed E-state index contributed by atoms with van der Waals surface area (Å²) in [6, 6.07) is 20.6. The zero-order valence-electron chi connectivity index (χ0n) is 10.8. The summed E-state index contributed by atoms with van der Waals surface area (Å²) >= 11 is 5.01. The van der Waals surface area contributed by atoms with Gasteiger partial charge in [-0.15, -0.1) is 0 Å². The fourth-order valence-corrected chi connectivity index (χ4v) is 2.47. The van der Waals surface area contributed by atoms with Crippen LogP contribution in [0.5, 0.6) is 0 Å². The molecule has 1 nitrogen and oxygen atoms in total. The molecule has 0 aliphatic heterocycles. The molecule has 19 heavy (non-hydrogen) atoms. The van der Waals surface area contributed by atoms with Gasteiger partial charge in [0.25, 0.3) is 0 Å². The van der Waals surface area contributed by atoms with Gasteiger partial charge in [0.2, 0.25) is 0 Å². The highest BCUT2D eigenvalue weighted by Crippen LogP contribution is 2.32. The van der Waals surface area contributed by atoms with E-state index in [9.17, 15) is 0 Å². The lowest BCUT2D eigenvalue weighted by molar-refractivity contribution is 0.928. The van der Waals surface area contributed by atoms with E-state index in [1.807, 2.05) is 36.4 Å². The Kier molecular flexibility index (Phi) is 4.48. The summed E-state index contributed by atoms with van der Waals surface area (Å²) in [6.07, 6.45) is 0.573. The molecule has 2 aromatic rings. The molecule has 0 unspecified atom stereocenters. The summed E-state index contributed by atoms with van der Waals surface area (Å²) in [6.45, 7) is 4.18. The Morgan fingerprint density at radius 1 is 0.947 bits per heavy atom. The maximum absolute atomic E-state index is 5.66. The van der Waals surface area contributed by atoms with Gasteiger partial charge in [-0.3, -0.25) is 0 Å². The number of benzene rings is 2. The first kappa shape index (κ1) is 13.5. The lowest BCUT2D eigenvalue weighted by atomic mass is 9.84. The normalized spacial score (nSPS) is 10.4. The monoisotopic (exact) mass is 267 g/mol. The third-order valence-electron chi connectivity index (χ3n) is 3.08. The summed E-state index contributed by atoms with van der Waals surface area (Å²) in [7, 11) is 0. The minimum atomic E-state index is 0.142. The second-order valence-electron chi connectivity index (χ2n) is 4.56. The van der Waals surface area contributed by atoms with Crippen LogP contribution < -0.4 is 5.73 Å². The summed E-state index contributed by atoms with van der Waals surface area (Å²) in [5.41, 5.74) is 9.13. The molecule has 0 aromatic heterocycles. The fourth-order valence-electron chi connectivity index (χ4n) is 2.28. The van der Waals surface area contributed by atoms with E-state index < -0.39 is 0 Å². The van der Waals surface area contributed by atoms with E-state index in [0.29, 0.717) is 11.4 Å². The second-order valence-corrected chi connectivity index (χ2v) is 5.08. The summed E-state index contributed by atoms with van der Waals surface area (Å²) < 4.78 is 0. The Balaban J connectivity index is 2.40. The Hall–Kier alpha value is -1.93. The van der Waals surface area contributed by atoms with E-state index in [2.05, 4.69) is 30.8 Å². The predicted octanol–water partition coefficient (Wildman–Crippen LogP) is 4.05. The highest BCUT2D eigenvalue weighted by Gasteiger charge is 2.17. The largest absolute Gasteiger partial charge is 0.393 e. The molecule has 2 aromatic carbocycles. The molecule has 0 amide bonds. The van der Waals surface area contributed by atoms with E-state index >= 15 is 0 Å². The molecule has 2 N–H and O–H groups in total. The van der Waals surface area contributed by atoms with Crippen molar-refractivity contribution in [2.45, 2.75) is 12.3 Å². The number of nitrogens with two attached hydrogens (primary N) is 1. The van der Waals surface area contributed by atoms with Crippen LogP contribution in [-0.2, 0) is 0 Å². The van der Waals surface area contributed by atoms with Crippen LogP contribution >= 0.6 is 12.2 Å². The maximum Gasteiger partial charge on any atom is 0.0768 e. The number of thiocarbonyl (C=S) groups is 1. The Bertz CT molecular complexity index is 521. The van der Waals surface area contributed by atoms with E-state index in [1.54, 1.807) is 0 Å². The number of hydrogen-bond donors (Lipinski definition) is 1. The van der Waals surface area contributed by atoms with Gasteiger partial charge in [-0.1, -0.05) is 85.0 Å². The summed E-state index contributed by atoms with van der Waals surface area (Å²) in [5.74, 6) is 0.142. The van der Waals surface area contributed by atoms with Gasteiger partial charge in [-0.2, -0.15) is 0 Å². The third kappa shape index (κ3) is 3.52. The lowest BCUT2D eigenvalue weighted by Crippen LogP contribution is -2.13. The highest BCUT2D eigenvalue weighted by molar-refractivity contribution is 7.80. The van der Waals surface area contributed by atoms with Crippen LogP contribution in [0.25, 0.3) is 0 Å². The summed E-state index contributed by atoms with van der Waals surface area (Å²) in [5, 5.41) is 0. The van der Waals surface area contributed by atoms with Crippen molar-refractivity contribution in [2.75, 3.05) is 0 Å². The van der Waals surface area contributed by atoms with Crippen molar-refractivity contribution < 1.29 is 0 Å². The molecule has 96 valence electrons. The third-order valence-corrected chi connectivity index (χ3v) is 3.22. The van der Waals surface area contributed by atoms with E-state index in [4.69, 9.17) is 18.0 Å². The molecule has 2 rings (SSSR count). The van der Waals surface area contributed by atoms with Crippen molar-refractivity contribution in [1.29, 1.82) is 0 Å². The van der Waals surface area contributed by atoms with Crippen molar-refractivity contribution in [3.8, 4) is 0 Å². The minimum Gasteiger partial charge on any atom is -0.393 e. The van der Waals surface area contributed by atoms with Crippen molar-refractivity contribution in [1.82, 2.24) is 0 Å². The first-order chi connectivity index (χ1) is 9.18. The Morgan fingerprint density at radius 3 is 1.74 bits per heavy atom. The predicted molar refractivity (Wildman–Crippen MR) is 85.3 cm³/mol. The molecular weight excluding hydrogens is 250 g/mol. The van der Waals surface area contributed by atoms with E-state index in [-0.39, 0.29) is 5.92 Å². The molecule has 0 fully saturated rings. The van der Waals surface area contributed by atoms with Crippen LogP contribution in [0.2, 0.25) is 0 Å². The maximum atomic E-state index is 5.66. The topological polar surface area (TPSA) is 26.0 Å². The van der Waals surface area contributed by atoms with Crippen LogP contribution in [0.15, 0.2) is 72.8 Å². The van der Waals surface area contributed by atoms with Crippen molar-refractivity contribution >= 4 is 17.2 Å². The first-order valence-electron chi connectivity index (χ1n) is 6.24. The molecule has 0 radical (unpaired) electrons. The van der Waals surface area contributed by atoms with Gasteiger partial charge >= 0.3 is 0 Å². The standard InChI is InChI=1S/C17H17NS/c1-13(12-16(18)19)17(14-8-4-2-5-9-14)15-10-6-3-7-11-15/h2-11,17H,1,12H2,(H2,18,19). The smallest absolute Gasteiger partial charge is 0.0768 e. The fraction of sp³-hybridized carbons (Fsp3) is 0.118. The van der Waals surface area contributed by atoms with Crippen LogP contribution in [0.1, 0.15) is 23.5 Å². The molecule has 0 heterocycles. The molecule has 2 heteroatoms. The molecule has 0 aliphatic rings. The molecule has 0 spiro atoms. The Labute approximate surface area is 119 Å². The SMILES string of the molecule is C=C(CC(N)=S)C(c1ccccc1)c1ccccc1. The second kappa shape index (κ2) is 6.30. The van der Waals surface area contributed by atoms with Crippen LogP contribution in [0.4, 0.5) is 0 Å². The zero-order valence-corrected chi connectivity index (χ0v) is 11.6.